The lowest BCUT2D eigenvalue weighted by atomic mass is 10.2. The van der Waals surface area contributed by atoms with Gasteiger partial charge in [0.1, 0.15) is 5.82 Å². The third kappa shape index (κ3) is 4.72. The largest absolute Gasteiger partial charge is 0.394 e. The highest BCUT2D eigenvalue weighted by molar-refractivity contribution is 5.70. The van der Waals surface area contributed by atoms with Crippen LogP contribution in [0.1, 0.15) is 25.7 Å². The number of nitrogens with two attached hydrogens (primary N) is 3. The fourth-order valence-corrected chi connectivity index (χ4v) is 2.87. The summed E-state index contributed by atoms with van der Waals surface area (Å²) in [5, 5.41) is 14.1. The summed E-state index contributed by atoms with van der Waals surface area (Å²) in [6.07, 6.45) is 11.4. The Bertz CT molecular complexity index is 904. The first-order chi connectivity index (χ1) is 13.4. The third-order valence-electron chi connectivity index (χ3n) is 4.40. The van der Waals surface area contributed by atoms with Crippen LogP contribution in [-0.4, -0.2) is 35.9 Å². The molecule has 0 bridgehead atoms. The fourth-order valence-electron chi connectivity index (χ4n) is 2.87. The number of rotatable bonds is 3. The number of hydrogen-bond donors (Lipinski definition) is 4. The van der Waals surface area contributed by atoms with Crippen molar-refractivity contribution in [1.29, 1.82) is 0 Å². The van der Waals surface area contributed by atoms with Crippen molar-refractivity contribution in [3.63, 3.8) is 0 Å². The average molecular weight is 383 g/mol. The van der Waals surface area contributed by atoms with Gasteiger partial charge in [-0.2, -0.15) is 10.1 Å². The van der Waals surface area contributed by atoms with Crippen LogP contribution in [0.2, 0.25) is 0 Å². The molecular formula is C18H25N9O. The van der Waals surface area contributed by atoms with Crippen LogP contribution in [0.5, 0.6) is 0 Å². The van der Waals surface area contributed by atoms with E-state index in [1.807, 2.05) is 19.3 Å². The smallest absolute Gasteiger partial charge is 0.222 e. The summed E-state index contributed by atoms with van der Waals surface area (Å²) in [7, 11) is 1.86. The third-order valence-corrected chi connectivity index (χ3v) is 4.40. The molecule has 0 unspecified atom stereocenters. The highest BCUT2D eigenvalue weighted by atomic mass is 16.3. The lowest BCUT2D eigenvalue weighted by Gasteiger charge is -2.18. The van der Waals surface area contributed by atoms with Gasteiger partial charge in [0.05, 0.1) is 24.2 Å². The van der Waals surface area contributed by atoms with Gasteiger partial charge in [-0.15, -0.1) is 0 Å². The van der Waals surface area contributed by atoms with E-state index in [4.69, 9.17) is 22.4 Å². The summed E-state index contributed by atoms with van der Waals surface area (Å²) in [6.45, 7) is 0. The number of nitrogens with zero attached hydrogens (tertiary/aromatic N) is 6. The van der Waals surface area contributed by atoms with Crippen molar-refractivity contribution in [1.82, 2.24) is 24.7 Å². The normalized spacial score (nSPS) is 13.8. The van der Waals surface area contributed by atoms with Gasteiger partial charge in [0.15, 0.2) is 5.82 Å². The molecule has 0 aliphatic heterocycles. The predicted octanol–water partition coefficient (Wildman–Crippen LogP) is 1.37. The second-order valence-corrected chi connectivity index (χ2v) is 6.62. The highest BCUT2D eigenvalue weighted by Crippen LogP contribution is 2.25. The van der Waals surface area contributed by atoms with Gasteiger partial charge >= 0.3 is 0 Å². The molecule has 10 nitrogen and oxygen atoms in total. The summed E-state index contributed by atoms with van der Waals surface area (Å²) < 4.78 is 1.73. The molecule has 0 saturated heterocycles. The Kier molecular flexibility index (Phi) is 6.02. The Morgan fingerprint density at radius 1 is 1.07 bits per heavy atom. The first-order valence-electron chi connectivity index (χ1n) is 9.00. The molecule has 1 aliphatic carbocycles. The molecule has 0 radical (unpaired) electrons. The summed E-state index contributed by atoms with van der Waals surface area (Å²) in [5.74, 6) is 6.88. The Balaban J connectivity index is 0.000000320. The number of nitrogen functional groups attached to an aromatic ring is 2. The molecule has 148 valence electrons. The van der Waals surface area contributed by atoms with Gasteiger partial charge in [0.2, 0.25) is 5.95 Å². The molecular weight excluding hydrogens is 358 g/mol. The predicted molar refractivity (Wildman–Crippen MR) is 108 cm³/mol. The van der Waals surface area contributed by atoms with E-state index in [1.54, 1.807) is 23.1 Å². The topological polar surface area (TPSA) is 158 Å². The van der Waals surface area contributed by atoms with Crippen LogP contribution in [0.25, 0.3) is 11.1 Å². The Morgan fingerprint density at radius 3 is 2.36 bits per heavy atom. The molecule has 0 amide bonds. The molecule has 10 heteroatoms. The van der Waals surface area contributed by atoms with Crippen molar-refractivity contribution in [3.05, 3.63) is 36.9 Å². The summed E-state index contributed by atoms with van der Waals surface area (Å²) >= 11 is 0. The van der Waals surface area contributed by atoms with Crippen molar-refractivity contribution in [2.24, 2.45) is 12.9 Å². The first kappa shape index (κ1) is 19.5. The zero-order valence-electron chi connectivity index (χ0n) is 15.7. The summed E-state index contributed by atoms with van der Waals surface area (Å²) in [6, 6.07) is 3.65. The first-order valence-corrected chi connectivity index (χ1v) is 9.00. The Hall–Kier alpha value is -3.24. The maximum Gasteiger partial charge on any atom is 0.222 e. The number of anilines is 4. The quantitative estimate of drug-likeness (QED) is 0.387. The summed E-state index contributed by atoms with van der Waals surface area (Å²) in [4.78, 5) is 12.1. The second-order valence-electron chi connectivity index (χ2n) is 6.62. The molecule has 4 rings (SSSR count). The highest BCUT2D eigenvalue weighted by Gasteiger charge is 2.13. The number of hydrazine groups is 1. The van der Waals surface area contributed by atoms with Crippen molar-refractivity contribution in [2.45, 2.75) is 31.8 Å². The van der Waals surface area contributed by atoms with Gasteiger partial charge in [-0.3, -0.25) is 4.68 Å². The van der Waals surface area contributed by atoms with E-state index in [0.717, 1.165) is 24.0 Å². The van der Waals surface area contributed by atoms with E-state index >= 15 is 0 Å². The zero-order chi connectivity index (χ0) is 20.1. The van der Waals surface area contributed by atoms with E-state index in [2.05, 4.69) is 20.1 Å². The maximum absolute atomic E-state index is 8.73. The number of aliphatic hydroxyl groups is 1. The van der Waals surface area contributed by atoms with Gasteiger partial charge in [-0.05, 0) is 25.0 Å². The van der Waals surface area contributed by atoms with Crippen molar-refractivity contribution in [3.8, 4) is 11.1 Å². The minimum atomic E-state index is 0.0463. The Morgan fingerprint density at radius 2 is 1.82 bits per heavy atom. The van der Waals surface area contributed by atoms with Crippen molar-refractivity contribution >= 4 is 23.3 Å². The molecule has 1 fully saturated rings. The molecule has 28 heavy (non-hydrogen) atoms. The molecule has 0 aromatic carbocycles. The molecule has 7 N–H and O–H groups in total. The number of aliphatic hydroxyl groups excluding tert-OH is 1. The standard InChI is InChI=1S/C13H15N9.C5H10O/c1-21-7-9(5-19-21)8-2-3-11(17-4-8)22(16)12-10(14)6-18-13(15)20-12;6-5-3-1-2-4-5/h2-7H,14,16H2,1H3,(H2,15,18,20);5-6H,1-4H2. The van der Waals surface area contributed by atoms with Gasteiger partial charge in [-0.1, -0.05) is 12.8 Å². The van der Waals surface area contributed by atoms with E-state index in [0.29, 0.717) is 17.3 Å². The van der Waals surface area contributed by atoms with Crippen LogP contribution in [0, 0.1) is 0 Å². The van der Waals surface area contributed by atoms with Crippen molar-refractivity contribution < 1.29 is 5.11 Å². The van der Waals surface area contributed by atoms with Crippen molar-refractivity contribution in [2.75, 3.05) is 16.5 Å². The maximum atomic E-state index is 8.73. The van der Waals surface area contributed by atoms with E-state index < -0.39 is 0 Å². The zero-order valence-corrected chi connectivity index (χ0v) is 15.7. The number of aromatic nitrogens is 5. The molecule has 3 aromatic heterocycles. The fraction of sp³-hybridized carbons (Fsp3) is 0.333. The minimum absolute atomic E-state index is 0.0463. The van der Waals surface area contributed by atoms with E-state index in [1.165, 1.54) is 24.0 Å². The van der Waals surface area contributed by atoms with Gasteiger partial charge in [-0.25, -0.2) is 20.8 Å². The molecule has 1 saturated carbocycles. The van der Waals surface area contributed by atoms with Crippen LogP contribution in [0.3, 0.4) is 0 Å². The van der Waals surface area contributed by atoms with Gasteiger partial charge in [0, 0.05) is 30.6 Å². The van der Waals surface area contributed by atoms with E-state index in [9.17, 15) is 0 Å². The number of pyridine rings is 1. The van der Waals surface area contributed by atoms with Gasteiger partial charge < -0.3 is 16.6 Å². The van der Waals surface area contributed by atoms with Crippen LogP contribution in [-0.2, 0) is 7.05 Å². The lowest BCUT2D eigenvalue weighted by molar-refractivity contribution is 0.183. The second kappa shape index (κ2) is 8.63. The molecule has 1 aliphatic rings. The molecule has 3 heterocycles. The van der Waals surface area contributed by atoms with E-state index in [-0.39, 0.29) is 12.1 Å². The van der Waals surface area contributed by atoms with Crippen LogP contribution in [0.15, 0.2) is 36.9 Å². The molecule has 0 spiro atoms. The van der Waals surface area contributed by atoms with Crippen LogP contribution in [0.4, 0.5) is 23.3 Å². The van der Waals surface area contributed by atoms with Crippen LogP contribution >= 0.6 is 0 Å². The van der Waals surface area contributed by atoms with Gasteiger partial charge in [0.25, 0.3) is 0 Å². The molecule has 0 atom stereocenters. The Labute approximate surface area is 163 Å². The molecule has 3 aromatic rings. The lowest BCUT2D eigenvalue weighted by Crippen LogP contribution is -2.28. The number of hydrogen-bond acceptors (Lipinski definition) is 9. The van der Waals surface area contributed by atoms with Crippen LogP contribution < -0.4 is 22.3 Å². The number of aryl methyl sites for hydroxylation is 1. The minimum Gasteiger partial charge on any atom is -0.394 e. The SMILES string of the molecule is Cn1cc(-c2ccc(N(N)c3nc(N)ncc3N)nc2)cn1.OC1CCCC1. The monoisotopic (exact) mass is 383 g/mol. The summed E-state index contributed by atoms with van der Waals surface area (Å²) in [5.41, 5.74) is 13.6. The average Bonchev–Trinajstić information content (AvgIpc) is 3.35.